The molecule has 1 rings (SSSR count). The van der Waals surface area contributed by atoms with Crippen LogP contribution in [0.15, 0.2) is 24.3 Å². The Labute approximate surface area is 132 Å². The molecule has 0 aliphatic rings. The molecular weight excluding hydrogens is 280 g/mol. The van der Waals surface area contributed by atoms with Crippen LogP contribution in [0.25, 0.3) is 6.08 Å². The van der Waals surface area contributed by atoms with Crippen LogP contribution in [0.2, 0.25) is 0 Å². The van der Waals surface area contributed by atoms with Crippen molar-refractivity contribution < 1.29 is 14.3 Å². The summed E-state index contributed by atoms with van der Waals surface area (Å²) >= 11 is 0. The molecule has 1 N–H and O–H groups in total. The third-order valence-corrected chi connectivity index (χ3v) is 3.48. The lowest BCUT2D eigenvalue weighted by atomic mass is 10.1. The first kappa shape index (κ1) is 18.0. The number of methoxy groups -OCH3 is 2. The van der Waals surface area contributed by atoms with Crippen LogP contribution < -0.4 is 14.8 Å². The molecule has 122 valence electrons. The quantitative estimate of drug-likeness (QED) is 0.711. The SMILES string of the molecule is CCN(CC)CCNC(=O)/C=C/c1ccc(OC)cc1OC. The normalized spacial score (nSPS) is 11.0. The molecular formula is C17H26N2O3. The number of rotatable bonds is 9. The molecule has 0 aliphatic carbocycles. The summed E-state index contributed by atoms with van der Waals surface area (Å²) in [4.78, 5) is 14.1. The first-order valence-corrected chi connectivity index (χ1v) is 7.54. The van der Waals surface area contributed by atoms with Crippen LogP contribution >= 0.6 is 0 Å². The Kier molecular flexibility index (Phi) is 8.07. The fourth-order valence-corrected chi connectivity index (χ4v) is 2.06. The number of nitrogens with one attached hydrogen (secondary N) is 1. The van der Waals surface area contributed by atoms with Gasteiger partial charge < -0.3 is 19.7 Å². The van der Waals surface area contributed by atoms with Gasteiger partial charge in [-0.1, -0.05) is 13.8 Å². The van der Waals surface area contributed by atoms with Crippen LogP contribution in [0.3, 0.4) is 0 Å². The number of carbonyl (C=O) groups is 1. The zero-order valence-electron chi connectivity index (χ0n) is 13.9. The molecule has 0 aliphatic heterocycles. The highest BCUT2D eigenvalue weighted by atomic mass is 16.5. The Morgan fingerprint density at radius 3 is 2.55 bits per heavy atom. The van der Waals surface area contributed by atoms with E-state index >= 15 is 0 Å². The number of benzene rings is 1. The fraction of sp³-hybridized carbons (Fsp3) is 0.471. The van der Waals surface area contributed by atoms with Gasteiger partial charge in [0.2, 0.25) is 5.91 Å². The van der Waals surface area contributed by atoms with E-state index in [9.17, 15) is 4.79 Å². The third kappa shape index (κ3) is 5.77. The third-order valence-electron chi connectivity index (χ3n) is 3.48. The Hall–Kier alpha value is -2.01. The van der Waals surface area contributed by atoms with E-state index in [4.69, 9.17) is 9.47 Å². The summed E-state index contributed by atoms with van der Waals surface area (Å²) in [7, 11) is 3.20. The van der Waals surface area contributed by atoms with Crippen molar-refractivity contribution in [3.8, 4) is 11.5 Å². The molecule has 0 atom stereocenters. The van der Waals surface area contributed by atoms with Crippen molar-refractivity contribution in [1.82, 2.24) is 10.2 Å². The van der Waals surface area contributed by atoms with Gasteiger partial charge in [0.25, 0.3) is 0 Å². The average molecular weight is 306 g/mol. The smallest absolute Gasteiger partial charge is 0.244 e. The molecule has 0 radical (unpaired) electrons. The summed E-state index contributed by atoms with van der Waals surface area (Å²) in [5.74, 6) is 1.29. The lowest BCUT2D eigenvalue weighted by molar-refractivity contribution is -0.116. The lowest BCUT2D eigenvalue weighted by Gasteiger charge is -2.17. The van der Waals surface area contributed by atoms with Crippen LogP contribution in [0.4, 0.5) is 0 Å². The van der Waals surface area contributed by atoms with Gasteiger partial charge in [0.15, 0.2) is 0 Å². The average Bonchev–Trinajstić information content (AvgIpc) is 2.56. The maximum absolute atomic E-state index is 11.8. The molecule has 0 aromatic heterocycles. The van der Waals surface area contributed by atoms with E-state index < -0.39 is 0 Å². The van der Waals surface area contributed by atoms with Gasteiger partial charge in [-0.3, -0.25) is 4.79 Å². The summed E-state index contributed by atoms with van der Waals surface area (Å²) in [6, 6.07) is 5.48. The van der Waals surface area contributed by atoms with Crippen LogP contribution in [-0.4, -0.2) is 51.2 Å². The molecule has 0 spiro atoms. The molecule has 0 fully saturated rings. The van der Waals surface area contributed by atoms with Gasteiger partial charge in [0.05, 0.1) is 14.2 Å². The minimum absolute atomic E-state index is 0.106. The number of carbonyl (C=O) groups excluding carboxylic acids is 1. The second-order valence-corrected chi connectivity index (χ2v) is 4.76. The molecule has 0 heterocycles. The van der Waals surface area contributed by atoms with Gasteiger partial charge in [0.1, 0.15) is 11.5 Å². The molecule has 0 bridgehead atoms. The van der Waals surface area contributed by atoms with Gasteiger partial charge in [-0.05, 0) is 31.3 Å². The Morgan fingerprint density at radius 2 is 1.95 bits per heavy atom. The molecule has 1 aromatic rings. The fourth-order valence-electron chi connectivity index (χ4n) is 2.06. The first-order chi connectivity index (χ1) is 10.6. The van der Waals surface area contributed by atoms with Crippen molar-refractivity contribution in [2.45, 2.75) is 13.8 Å². The highest BCUT2D eigenvalue weighted by molar-refractivity contribution is 5.92. The first-order valence-electron chi connectivity index (χ1n) is 7.54. The van der Waals surface area contributed by atoms with E-state index in [0.717, 1.165) is 30.9 Å². The zero-order chi connectivity index (χ0) is 16.4. The molecule has 0 saturated carbocycles. The summed E-state index contributed by atoms with van der Waals surface area (Å²) in [5.41, 5.74) is 0.835. The minimum atomic E-state index is -0.106. The highest BCUT2D eigenvalue weighted by Gasteiger charge is 2.03. The number of likely N-dealkylation sites (N-methyl/N-ethyl adjacent to an activating group) is 1. The van der Waals surface area contributed by atoms with Crippen molar-refractivity contribution in [3.63, 3.8) is 0 Å². The molecule has 0 unspecified atom stereocenters. The van der Waals surface area contributed by atoms with Crippen molar-refractivity contribution in [2.75, 3.05) is 40.4 Å². The van der Waals surface area contributed by atoms with E-state index in [1.807, 2.05) is 12.1 Å². The van der Waals surface area contributed by atoms with Crippen molar-refractivity contribution >= 4 is 12.0 Å². The van der Waals surface area contributed by atoms with Gasteiger partial charge in [-0.2, -0.15) is 0 Å². The van der Waals surface area contributed by atoms with Crippen LogP contribution in [0, 0.1) is 0 Å². The molecule has 5 nitrogen and oxygen atoms in total. The largest absolute Gasteiger partial charge is 0.497 e. The molecule has 22 heavy (non-hydrogen) atoms. The van der Waals surface area contributed by atoms with E-state index in [0.29, 0.717) is 12.3 Å². The maximum Gasteiger partial charge on any atom is 0.244 e. The lowest BCUT2D eigenvalue weighted by Crippen LogP contribution is -2.34. The Bertz CT molecular complexity index is 497. The number of nitrogens with zero attached hydrogens (tertiary/aromatic N) is 1. The van der Waals surface area contributed by atoms with Gasteiger partial charge in [-0.15, -0.1) is 0 Å². The zero-order valence-corrected chi connectivity index (χ0v) is 13.9. The van der Waals surface area contributed by atoms with Crippen molar-refractivity contribution in [3.05, 3.63) is 29.8 Å². The number of ether oxygens (including phenoxy) is 2. The Balaban J connectivity index is 2.55. The van der Waals surface area contributed by atoms with Crippen molar-refractivity contribution in [2.24, 2.45) is 0 Å². The summed E-state index contributed by atoms with van der Waals surface area (Å²) in [5, 5.41) is 2.88. The number of hydrogen-bond donors (Lipinski definition) is 1. The molecule has 1 amide bonds. The monoisotopic (exact) mass is 306 g/mol. The van der Waals surface area contributed by atoms with Crippen LogP contribution in [-0.2, 0) is 4.79 Å². The van der Waals surface area contributed by atoms with E-state index in [-0.39, 0.29) is 5.91 Å². The molecule has 5 heteroatoms. The highest BCUT2D eigenvalue weighted by Crippen LogP contribution is 2.25. The predicted octanol–water partition coefficient (Wildman–Crippen LogP) is 2.17. The van der Waals surface area contributed by atoms with Gasteiger partial charge in [-0.25, -0.2) is 0 Å². The maximum atomic E-state index is 11.8. The van der Waals surface area contributed by atoms with Crippen LogP contribution in [0.1, 0.15) is 19.4 Å². The van der Waals surface area contributed by atoms with E-state index in [2.05, 4.69) is 24.1 Å². The molecule has 0 saturated heterocycles. The summed E-state index contributed by atoms with van der Waals surface area (Å²) in [6.45, 7) is 7.71. The summed E-state index contributed by atoms with van der Waals surface area (Å²) < 4.78 is 10.4. The van der Waals surface area contributed by atoms with Crippen molar-refractivity contribution in [1.29, 1.82) is 0 Å². The number of hydrogen-bond acceptors (Lipinski definition) is 4. The topological polar surface area (TPSA) is 50.8 Å². The standard InChI is InChI=1S/C17H26N2O3/c1-5-19(6-2)12-11-18-17(20)10-8-14-7-9-15(21-3)13-16(14)22-4/h7-10,13H,5-6,11-12H2,1-4H3,(H,18,20)/b10-8+. The minimum Gasteiger partial charge on any atom is -0.497 e. The predicted molar refractivity (Wildman–Crippen MR) is 89.4 cm³/mol. The van der Waals surface area contributed by atoms with E-state index in [1.165, 1.54) is 6.08 Å². The van der Waals surface area contributed by atoms with Crippen LogP contribution in [0.5, 0.6) is 11.5 Å². The van der Waals surface area contributed by atoms with Gasteiger partial charge >= 0.3 is 0 Å². The number of amides is 1. The summed E-state index contributed by atoms with van der Waals surface area (Å²) in [6.07, 6.45) is 3.26. The van der Waals surface area contributed by atoms with Gasteiger partial charge in [0, 0.05) is 30.8 Å². The molecule has 1 aromatic carbocycles. The Morgan fingerprint density at radius 1 is 1.23 bits per heavy atom. The van der Waals surface area contributed by atoms with E-state index in [1.54, 1.807) is 26.4 Å². The second-order valence-electron chi connectivity index (χ2n) is 4.76. The second kappa shape index (κ2) is 9.84.